The summed E-state index contributed by atoms with van der Waals surface area (Å²) in [7, 11) is -5.24. The molecule has 1 saturated heterocycles. The van der Waals surface area contributed by atoms with Crippen LogP contribution in [0.15, 0.2) is 53.6 Å². The van der Waals surface area contributed by atoms with E-state index in [1.54, 1.807) is 6.07 Å². The Morgan fingerprint density at radius 3 is 2.65 bits per heavy atom. The number of hydrogen-bond acceptors (Lipinski definition) is 7. The van der Waals surface area contributed by atoms with E-state index in [2.05, 4.69) is 30.0 Å². The average molecular weight is 561 g/mol. The predicted molar refractivity (Wildman–Crippen MR) is 152 cm³/mol. The van der Waals surface area contributed by atoms with Gasteiger partial charge in [0.25, 0.3) is 0 Å². The van der Waals surface area contributed by atoms with Crippen LogP contribution in [0.2, 0.25) is 0 Å². The lowest BCUT2D eigenvalue weighted by Gasteiger charge is -2.32. The minimum absolute atomic E-state index is 0.0607. The van der Waals surface area contributed by atoms with Gasteiger partial charge in [-0.15, -0.1) is 6.42 Å². The average Bonchev–Trinajstić information content (AvgIpc) is 3.26. The zero-order chi connectivity index (χ0) is 28.2. The second-order valence-electron chi connectivity index (χ2n) is 10.2. The molecule has 11 heteroatoms. The number of nitrogens with one attached hydrogen (secondary N) is 2. The van der Waals surface area contributed by atoms with Crippen LogP contribution in [0.3, 0.4) is 0 Å². The Labute approximate surface area is 229 Å². The van der Waals surface area contributed by atoms with Crippen LogP contribution >= 0.6 is 0 Å². The largest absolute Gasteiger partial charge is 0.493 e. The minimum Gasteiger partial charge on any atom is -0.493 e. The number of H-pyrrole nitrogens is 1. The van der Waals surface area contributed by atoms with Crippen LogP contribution in [0.5, 0.6) is 11.5 Å². The van der Waals surface area contributed by atoms with Crippen LogP contribution in [-0.2, 0) is 10.5 Å². The van der Waals surface area contributed by atoms with Gasteiger partial charge in [-0.1, -0.05) is 29.7 Å². The summed E-state index contributed by atoms with van der Waals surface area (Å²) in [5.74, 6) is 2.95. The van der Waals surface area contributed by atoms with Gasteiger partial charge >= 0.3 is 10.5 Å². The monoisotopic (exact) mass is 560 g/mol. The summed E-state index contributed by atoms with van der Waals surface area (Å²) in [5, 5.41) is 5.10. The second-order valence-corrected chi connectivity index (χ2v) is 11.2. The summed E-state index contributed by atoms with van der Waals surface area (Å²) >= 11 is 0. The molecule has 2 N–H and O–H groups in total. The Bertz CT molecular complexity index is 2020. The maximum atomic E-state index is 14.1. The van der Waals surface area contributed by atoms with Gasteiger partial charge in [-0.25, -0.2) is 0 Å². The molecule has 40 heavy (non-hydrogen) atoms. The zero-order valence-corrected chi connectivity index (χ0v) is 22.5. The molecular weight excluding hydrogens is 535 g/mol. The van der Waals surface area contributed by atoms with Crippen molar-refractivity contribution in [3.05, 3.63) is 64.6 Å². The summed E-state index contributed by atoms with van der Waals surface area (Å²) < 4.78 is 48.2. The number of benzene rings is 2. The van der Waals surface area contributed by atoms with Crippen LogP contribution in [0.4, 0.5) is 3.89 Å². The molecule has 1 aliphatic heterocycles. The van der Waals surface area contributed by atoms with Gasteiger partial charge in [0, 0.05) is 46.9 Å². The lowest BCUT2D eigenvalue weighted by atomic mass is 10.0. The van der Waals surface area contributed by atoms with E-state index in [-0.39, 0.29) is 23.1 Å². The van der Waals surface area contributed by atoms with Crippen LogP contribution in [0.1, 0.15) is 25.5 Å². The van der Waals surface area contributed by atoms with Crippen LogP contribution in [0, 0.1) is 18.3 Å². The first kappa shape index (κ1) is 25.9. The van der Waals surface area contributed by atoms with Gasteiger partial charge in [-0.2, -0.15) is 8.42 Å². The van der Waals surface area contributed by atoms with Crippen molar-refractivity contribution in [2.24, 2.45) is 5.92 Å². The highest BCUT2D eigenvalue weighted by Gasteiger charge is 2.27. The van der Waals surface area contributed by atoms with E-state index in [1.165, 1.54) is 12.3 Å². The van der Waals surface area contributed by atoms with Crippen molar-refractivity contribution in [3.8, 4) is 35.0 Å². The molecule has 5 aromatic rings. The van der Waals surface area contributed by atoms with E-state index in [4.69, 9.17) is 11.2 Å². The standard InChI is InChI=1S/C29H25FN4O5S/c1-4-17-5-6-21-24(7-17)33-29-27(21)28(35)23-10-26(38-15-16(2)3)22(9-25(23)34(29)19-12-32-13-19)18-8-20(14-31-11-18)39-40(30,36)37/h1,5-11,14,16,19,32-33H,12-13,15H2,2-3H3. The Kier molecular flexibility index (Phi) is 6.24. The van der Waals surface area contributed by atoms with E-state index >= 15 is 0 Å². The maximum absolute atomic E-state index is 14.1. The molecule has 0 unspecified atom stereocenters. The first-order chi connectivity index (χ1) is 19.1. The summed E-state index contributed by atoms with van der Waals surface area (Å²) in [5.41, 5.74) is 3.61. The van der Waals surface area contributed by atoms with Gasteiger partial charge < -0.3 is 23.8 Å². The van der Waals surface area contributed by atoms with Crippen LogP contribution in [-0.4, -0.2) is 42.6 Å². The molecule has 0 bridgehead atoms. The summed E-state index contributed by atoms with van der Waals surface area (Å²) in [6, 6.07) is 10.5. The van der Waals surface area contributed by atoms with Crippen LogP contribution in [0.25, 0.3) is 44.0 Å². The van der Waals surface area contributed by atoms with Crippen molar-refractivity contribution in [2.75, 3.05) is 19.7 Å². The molecule has 0 spiro atoms. The topological polar surface area (TPSA) is 115 Å². The molecule has 1 fully saturated rings. The van der Waals surface area contributed by atoms with Crippen molar-refractivity contribution in [3.63, 3.8) is 0 Å². The quantitative estimate of drug-likeness (QED) is 0.223. The third-order valence-corrected chi connectivity index (χ3v) is 7.32. The molecule has 6 rings (SSSR count). The smallest absolute Gasteiger partial charge is 0.488 e. The van der Waals surface area contributed by atoms with E-state index < -0.39 is 10.5 Å². The number of terminal acetylenes is 1. The fourth-order valence-corrected chi connectivity index (χ4v) is 5.37. The number of hydrogen-bond donors (Lipinski definition) is 2. The molecule has 0 amide bonds. The summed E-state index contributed by atoms with van der Waals surface area (Å²) in [6.45, 7) is 5.78. The van der Waals surface area contributed by atoms with Crippen molar-refractivity contribution < 1.29 is 21.2 Å². The SMILES string of the molecule is C#Cc1ccc2c(c1)[nH]c1c2c(=O)c2cc(OCC(C)C)c(-c3cncc(OS(=O)(=O)F)c3)cc2n1C1CNC1. The molecule has 9 nitrogen and oxygen atoms in total. The summed E-state index contributed by atoms with van der Waals surface area (Å²) in [6.07, 6.45) is 8.22. The first-order valence-corrected chi connectivity index (χ1v) is 14.0. The highest BCUT2D eigenvalue weighted by Crippen LogP contribution is 2.38. The number of rotatable bonds is 7. The number of halogens is 1. The lowest BCUT2D eigenvalue weighted by molar-refractivity contribution is 0.272. The molecule has 3 aromatic heterocycles. The lowest BCUT2D eigenvalue weighted by Crippen LogP contribution is -2.44. The fourth-order valence-electron chi connectivity index (χ4n) is 5.05. The van der Waals surface area contributed by atoms with Crippen molar-refractivity contribution >= 4 is 43.3 Å². The number of aromatic nitrogens is 3. The van der Waals surface area contributed by atoms with Crippen LogP contribution < -0.4 is 19.7 Å². The molecule has 2 aromatic carbocycles. The van der Waals surface area contributed by atoms with E-state index in [0.29, 0.717) is 64.1 Å². The maximum Gasteiger partial charge on any atom is 0.488 e. The van der Waals surface area contributed by atoms with Gasteiger partial charge in [0.05, 0.1) is 35.1 Å². The van der Waals surface area contributed by atoms with Crippen molar-refractivity contribution in [1.82, 2.24) is 19.9 Å². The number of aromatic amines is 1. The highest BCUT2D eigenvalue weighted by atomic mass is 32.3. The van der Waals surface area contributed by atoms with E-state index in [0.717, 1.165) is 17.1 Å². The Morgan fingerprint density at radius 1 is 1.18 bits per heavy atom. The Hall–Kier alpha value is -4.40. The summed E-state index contributed by atoms with van der Waals surface area (Å²) in [4.78, 5) is 21.5. The molecule has 0 aliphatic carbocycles. The number of pyridine rings is 2. The van der Waals surface area contributed by atoms with Crippen molar-refractivity contribution in [2.45, 2.75) is 19.9 Å². The van der Waals surface area contributed by atoms with Gasteiger partial charge in [0.15, 0.2) is 11.2 Å². The fraction of sp³-hybridized carbons (Fsp3) is 0.241. The van der Waals surface area contributed by atoms with E-state index in [9.17, 15) is 17.1 Å². The third kappa shape index (κ3) is 4.55. The Balaban J connectivity index is 1.68. The van der Waals surface area contributed by atoms with Gasteiger partial charge in [-0.3, -0.25) is 9.78 Å². The zero-order valence-electron chi connectivity index (χ0n) is 21.7. The minimum atomic E-state index is -5.24. The number of ether oxygens (including phenoxy) is 1. The van der Waals surface area contributed by atoms with Crippen molar-refractivity contribution in [1.29, 1.82) is 0 Å². The number of fused-ring (bicyclic) bond motifs is 4. The first-order valence-electron chi connectivity index (χ1n) is 12.7. The molecule has 1 aliphatic rings. The van der Waals surface area contributed by atoms with Gasteiger partial charge in [-0.05, 0) is 36.2 Å². The Morgan fingerprint density at radius 2 is 1.98 bits per heavy atom. The third-order valence-electron chi connectivity index (χ3n) is 6.93. The second kappa shape index (κ2) is 9.66. The molecule has 0 atom stereocenters. The van der Waals surface area contributed by atoms with Gasteiger partial charge in [0.1, 0.15) is 11.4 Å². The molecule has 0 radical (unpaired) electrons. The van der Waals surface area contributed by atoms with Gasteiger partial charge in [0.2, 0.25) is 0 Å². The molecular formula is C29H25FN4O5S. The predicted octanol–water partition coefficient (Wildman–Crippen LogP) is 4.45. The molecule has 4 heterocycles. The van der Waals surface area contributed by atoms with E-state index in [1.807, 2.05) is 38.1 Å². The molecule has 0 saturated carbocycles. The normalized spacial score (nSPS) is 14.1. The number of nitrogens with zero attached hydrogens (tertiary/aromatic N) is 2. The molecule has 204 valence electrons. The highest BCUT2D eigenvalue weighted by molar-refractivity contribution is 7.81.